The standard InChI is InChI=1S/C23H22F6N4/c24-22(25,26)17-3-1-16(2-4-17)20-13-33(14-32-20)21-11-18(23(27,28)29)5-6-19(21)31-12-15-7-9-30-10-8-15/h1-6,11,13-15,30-31H,7-10,12H2. The van der Waals surface area contributed by atoms with Gasteiger partial charge in [0, 0.05) is 18.3 Å². The van der Waals surface area contributed by atoms with Crippen molar-refractivity contribution in [1.29, 1.82) is 0 Å². The van der Waals surface area contributed by atoms with E-state index >= 15 is 0 Å². The van der Waals surface area contributed by atoms with E-state index in [4.69, 9.17) is 0 Å². The number of benzene rings is 2. The minimum Gasteiger partial charge on any atom is -0.383 e. The van der Waals surface area contributed by atoms with Gasteiger partial charge < -0.3 is 15.2 Å². The minimum atomic E-state index is -4.51. The Kier molecular flexibility index (Phi) is 6.38. The number of nitrogens with one attached hydrogen (secondary N) is 2. The van der Waals surface area contributed by atoms with Crippen molar-refractivity contribution < 1.29 is 26.3 Å². The van der Waals surface area contributed by atoms with Gasteiger partial charge in [0.15, 0.2) is 0 Å². The molecule has 1 saturated heterocycles. The van der Waals surface area contributed by atoms with Crippen LogP contribution in [-0.2, 0) is 12.4 Å². The van der Waals surface area contributed by atoms with Gasteiger partial charge in [0.25, 0.3) is 0 Å². The number of hydrogen-bond acceptors (Lipinski definition) is 3. The molecule has 1 aliphatic rings. The monoisotopic (exact) mass is 468 g/mol. The maximum atomic E-state index is 13.4. The fourth-order valence-electron chi connectivity index (χ4n) is 3.84. The van der Waals surface area contributed by atoms with Gasteiger partial charge in [-0.2, -0.15) is 26.3 Å². The Morgan fingerprint density at radius 1 is 0.909 bits per heavy atom. The van der Waals surface area contributed by atoms with Gasteiger partial charge in [0.05, 0.1) is 34.5 Å². The van der Waals surface area contributed by atoms with Crippen molar-refractivity contribution in [3.8, 4) is 16.9 Å². The highest BCUT2D eigenvalue weighted by Gasteiger charge is 2.32. The van der Waals surface area contributed by atoms with Crippen molar-refractivity contribution in [2.45, 2.75) is 25.2 Å². The largest absolute Gasteiger partial charge is 0.416 e. The van der Waals surface area contributed by atoms with Crippen LogP contribution in [0.4, 0.5) is 32.0 Å². The predicted molar refractivity (Wildman–Crippen MR) is 113 cm³/mol. The second kappa shape index (κ2) is 9.09. The lowest BCUT2D eigenvalue weighted by atomic mass is 9.98. The molecule has 176 valence electrons. The van der Waals surface area contributed by atoms with Crippen LogP contribution in [0, 0.1) is 5.92 Å². The highest BCUT2D eigenvalue weighted by atomic mass is 19.4. The molecule has 0 amide bonds. The molecule has 4 nitrogen and oxygen atoms in total. The number of aromatic nitrogens is 2. The zero-order valence-electron chi connectivity index (χ0n) is 17.5. The molecule has 0 radical (unpaired) electrons. The molecule has 2 N–H and O–H groups in total. The van der Waals surface area contributed by atoms with Crippen molar-refractivity contribution >= 4 is 5.69 Å². The van der Waals surface area contributed by atoms with E-state index in [-0.39, 0.29) is 5.69 Å². The normalized spacial score (nSPS) is 15.6. The molecule has 2 aromatic carbocycles. The molecule has 0 bridgehead atoms. The number of alkyl halides is 6. The summed E-state index contributed by atoms with van der Waals surface area (Å²) >= 11 is 0. The first-order chi connectivity index (χ1) is 15.6. The molecular weight excluding hydrogens is 446 g/mol. The Hall–Kier alpha value is -3.01. The third-order valence-corrected chi connectivity index (χ3v) is 5.73. The molecule has 33 heavy (non-hydrogen) atoms. The second-order valence-corrected chi connectivity index (χ2v) is 8.05. The van der Waals surface area contributed by atoms with Gasteiger partial charge in [0.1, 0.15) is 0 Å². The van der Waals surface area contributed by atoms with Crippen LogP contribution in [0.2, 0.25) is 0 Å². The van der Waals surface area contributed by atoms with Gasteiger partial charge in [-0.15, -0.1) is 0 Å². The molecule has 2 heterocycles. The Bertz CT molecular complexity index is 1080. The Balaban J connectivity index is 1.63. The van der Waals surface area contributed by atoms with E-state index in [1.54, 1.807) is 0 Å². The minimum absolute atomic E-state index is 0.268. The van der Waals surface area contributed by atoms with E-state index < -0.39 is 23.5 Å². The maximum absolute atomic E-state index is 13.4. The summed E-state index contributed by atoms with van der Waals surface area (Å²) in [6.07, 6.45) is -4.14. The van der Waals surface area contributed by atoms with Crippen LogP contribution in [0.1, 0.15) is 24.0 Å². The smallest absolute Gasteiger partial charge is 0.383 e. The molecular formula is C23H22F6N4. The average molecular weight is 468 g/mol. The van der Waals surface area contributed by atoms with Crippen LogP contribution in [-0.4, -0.2) is 29.2 Å². The summed E-state index contributed by atoms with van der Waals surface area (Å²) in [4.78, 5) is 4.20. The van der Waals surface area contributed by atoms with Gasteiger partial charge >= 0.3 is 12.4 Å². The second-order valence-electron chi connectivity index (χ2n) is 8.05. The van der Waals surface area contributed by atoms with Crippen LogP contribution in [0.5, 0.6) is 0 Å². The van der Waals surface area contributed by atoms with Gasteiger partial charge in [0.2, 0.25) is 0 Å². The number of imidazole rings is 1. The van der Waals surface area contributed by atoms with Crippen LogP contribution in [0.25, 0.3) is 16.9 Å². The van der Waals surface area contributed by atoms with Crippen molar-refractivity contribution in [1.82, 2.24) is 14.9 Å². The fourth-order valence-corrected chi connectivity index (χ4v) is 3.84. The number of anilines is 1. The first kappa shape index (κ1) is 23.2. The molecule has 0 atom stereocenters. The maximum Gasteiger partial charge on any atom is 0.416 e. The summed E-state index contributed by atoms with van der Waals surface area (Å²) in [5.74, 6) is 0.409. The van der Waals surface area contributed by atoms with Crippen LogP contribution in [0.15, 0.2) is 55.0 Å². The molecule has 1 aliphatic heterocycles. The predicted octanol–water partition coefficient (Wildman–Crippen LogP) is 5.99. The highest BCUT2D eigenvalue weighted by Crippen LogP contribution is 2.35. The van der Waals surface area contributed by atoms with Crippen LogP contribution < -0.4 is 10.6 Å². The molecule has 4 rings (SSSR count). The van der Waals surface area contributed by atoms with Gasteiger partial charge in [-0.3, -0.25) is 0 Å². The van der Waals surface area contributed by atoms with Crippen LogP contribution >= 0.6 is 0 Å². The molecule has 0 spiro atoms. The number of rotatable bonds is 5. The van der Waals surface area contributed by atoms with E-state index in [1.807, 2.05) is 0 Å². The van der Waals surface area contributed by atoms with Crippen molar-refractivity contribution in [3.05, 3.63) is 66.1 Å². The molecule has 3 aromatic rings. The lowest BCUT2D eigenvalue weighted by molar-refractivity contribution is -0.138. The topological polar surface area (TPSA) is 41.9 Å². The summed E-state index contributed by atoms with van der Waals surface area (Å²) in [7, 11) is 0. The first-order valence-corrected chi connectivity index (χ1v) is 10.5. The number of nitrogens with zero attached hydrogens (tertiary/aromatic N) is 2. The Labute approximate surface area is 186 Å². The summed E-state index contributed by atoms with van der Waals surface area (Å²) < 4.78 is 79.9. The third-order valence-electron chi connectivity index (χ3n) is 5.73. The molecule has 1 aromatic heterocycles. The molecule has 10 heteroatoms. The van der Waals surface area contributed by atoms with E-state index in [2.05, 4.69) is 15.6 Å². The third kappa shape index (κ3) is 5.50. The molecule has 0 saturated carbocycles. The number of halogens is 6. The molecule has 0 aliphatic carbocycles. The van der Waals surface area contributed by atoms with E-state index in [1.165, 1.54) is 35.3 Å². The van der Waals surface area contributed by atoms with Gasteiger partial charge in [-0.1, -0.05) is 12.1 Å². The first-order valence-electron chi connectivity index (χ1n) is 10.5. The lowest BCUT2D eigenvalue weighted by Crippen LogP contribution is -2.31. The SMILES string of the molecule is FC(F)(F)c1ccc(-c2cn(-c3cc(C(F)(F)F)ccc3NCC3CCNCC3)cn2)cc1. The number of hydrogen-bond donors (Lipinski definition) is 2. The fraction of sp³-hybridized carbons (Fsp3) is 0.348. The summed E-state index contributed by atoms with van der Waals surface area (Å²) in [6, 6.07) is 7.95. The van der Waals surface area contributed by atoms with Crippen LogP contribution in [0.3, 0.4) is 0 Å². The van der Waals surface area contributed by atoms with E-state index in [0.717, 1.165) is 50.2 Å². The van der Waals surface area contributed by atoms with Gasteiger partial charge in [-0.25, -0.2) is 4.98 Å². The molecule has 0 unspecified atom stereocenters. The van der Waals surface area contributed by atoms with Gasteiger partial charge in [-0.05, 0) is 62.2 Å². The number of piperidine rings is 1. The summed E-state index contributed by atoms with van der Waals surface area (Å²) in [5.41, 5.74) is -0.00615. The average Bonchev–Trinajstić information content (AvgIpc) is 3.27. The zero-order chi connectivity index (χ0) is 23.6. The van der Waals surface area contributed by atoms with Crippen molar-refractivity contribution in [2.24, 2.45) is 5.92 Å². The highest BCUT2D eigenvalue weighted by molar-refractivity contribution is 5.65. The summed E-state index contributed by atoms with van der Waals surface area (Å²) in [6.45, 7) is 2.44. The quantitative estimate of drug-likeness (QED) is 0.452. The lowest BCUT2D eigenvalue weighted by Gasteiger charge is -2.24. The van der Waals surface area contributed by atoms with Crippen molar-refractivity contribution in [2.75, 3.05) is 25.0 Å². The Morgan fingerprint density at radius 3 is 2.18 bits per heavy atom. The van der Waals surface area contributed by atoms with E-state index in [9.17, 15) is 26.3 Å². The van der Waals surface area contributed by atoms with Crippen molar-refractivity contribution in [3.63, 3.8) is 0 Å². The zero-order valence-corrected chi connectivity index (χ0v) is 17.5. The van der Waals surface area contributed by atoms with E-state index in [0.29, 0.717) is 29.4 Å². The Morgan fingerprint density at radius 2 is 1.55 bits per heavy atom. The molecule has 1 fully saturated rings. The summed E-state index contributed by atoms with van der Waals surface area (Å²) in [5, 5.41) is 6.54.